The average molecular weight is 361 g/mol. The first-order valence-corrected chi connectivity index (χ1v) is 8.32. The molecular formula is C18H21ClN4O2. The van der Waals surface area contributed by atoms with Crippen molar-refractivity contribution in [2.45, 2.75) is 13.3 Å². The maximum Gasteiger partial charge on any atom is 0.257 e. The third kappa shape index (κ3) is 6.08. The molecule has 1 heterocycles. The number of rotatable bonds is 7. The summed E-state index contributed by atoms with van der Waals surface area (Å²) < 4.78 is 0. The first-order valence-electron chi connectivity index (χ1n) is 7.94. The van der Waals surface area contributed by atoms with Crippen molar-refractivity contribution in [2.75, 3.05) is 30.4 Å². The Balaban J connectivity index is 1.90. The molecule has 7 heteroatoms. The lowest BCUT2D eigenvalue weighted by Gasteiger charge is -2.18. The number of anilines is 2. The van der Waals surface area contributed by atoms with Crippen LogP contribution >= 0.6 is 11.6 Å². The van der Waals surface area contributed by atoms with Gasteiger partial charge in [0, 0.05) is 44.0 Å². The fourth-order valence-electron chi connectivity index (χ4n) is 2.21. The molecule has 0 spiro atoms. The molecule has 6 nitrogen and oxygen atoms in total. The van der Waals surface area contributed by atoms with Gasteiger partial charge in [0.15, 0.2) is 0 Å². The molecule has 0 aliphatic carbocycles. The van der Waals surface area contributed by atoms with Gasteiger partial charge in [-0.2, -0.15) is 0 Å². The Kier molecular flexibility index (Phi) is 6.77. The van der Waals surface area contributed by atoms with Crippen molar-refractivity contribution in [3.8, 4) is 0 Å². The lowest BCUT2D eigenvalue weighted by Crippen LogP contribution is -2.26. The standard InChI is InChI=1S/C18H21ClN4O2/c1-13(24)20-9-4-10-23(2)17-8-7-14(12-21-17)18(25)22-16-6-3-5-15(19)11-16/h3,5-8,11-12H,4,9-10H2,1-2H3,(H,20,24)(H,22,25). The molecule has 1 aromatic carbocycles. The highest BCUT2D eigenvalue weighted by molar-refractivity contribution is 6.30. The number of halogens is 1. The quantitative estimate of drug-likeness (QED) is 0.744. The molecular weight excluding hydrogens is 340 g/mol. The summed E-state index contributed by atoms with van der Waals surface area (Å²) in [6, 6.07) is 10.5. The Morgan fingerprint density at radius 3 is 2.68 bits per heavy atom. The molecule has 2 amide bonds. The van der Waals surface area contributed by atoms with E-state index in [9.17, 15) is 9.59 Å². The number of pyridine rings is 1. The third-order valence-corrected chi connectivity index (χ3v) is 3.76. The molecule has 0 aliphatic rings. The summed E-state index contributed by atoms with van der Waals surface area (Å²) in [4.78, 5) is 29.4. The normalized spacial score (nSPS) is 10.2. The van der Waals surface area contributed by atoms with Crippen molar-refractivity contribution >= 4 is 34.9 Å². The van der Waals surface area contributed by atoms with E-state index in [4.69, 9.17) is 11.6 Å². The predicted octanol–water partition coefficient (Wildman–Crippen LogP) is 2.95. The number of hydrogen-bond donors (Lipinski definition) is 2. The third-order valence-electron chi connectivity index (χ3n) is 3.53. The van der Waals surface area contributed by atoms with Crippen LogP contribution in [-0.4, -0.2) is 36.9 Å². The minimum absolute atomic E-state index is 0.0316. The van der Waals surface area contributed by atoms with Gasteiger partial charge in [0.1, 0.15) is 5.82 Å². The second-order valence-corrected chi connectivity index (χ2v) is 6.06. The van der Waals surface area contributed by atoms with Crippen molar-refractivity contribution in [1.29, 1.82) is 0 Å². The van der Waals surface area contributed by atoms with Crippen molar-refractivity contribution in [3.05, 3.63) is 53.2 Å². The molecule has 0 aliphatic heterocycles. The maximum atomic E-state index is 12.2. The fourth-order valence-corrected chi connectivity index (χ4v) is 2.40. The van der Waals surface area contributed by atoms with E-state index in [2.05, 4.69) is 15.6 Å². The van der Waals surface area contributed by atoms with Gasteiger partial charge in [0.25, 0.3) is 5.91 Å². The molecule has 0 atom stereocenters. The smallest absolute Gasteiger partial charge is 0.257 e. The van der Waals surface area contributed by atoms with E-state index in [1.165, 1.54) is 6.92 Å². The summed E-state index contributed by atoms with van der Waals surface area (Å²) in [5, 5.41) is 6.10. The van der Waals surface area contributed by atoms with E-state index in [1.54, 1.807) is 42.6 Å². The van der Waals surface area contributed by atoms with Gasteiger partial charge in [-0.1, -0.05) is 17.7 Å². The van der Waals surface area contributed by atoms with Crippen LogP contribution in [0.2, 0.25) is 5.02 Å². The molecule has 2 N–H and O–H groups in total. The van der Waals surface area contributed by atoms with E-state index in [0.717, 1.165) is 18.8 Å². The van der Waals surface area contributed by atoms with Crippen molar-refractivity contribution < 1.29 is 9.59 Å². The predicted molar refractivity (Wildman–Crippen MR) is 100 cm³/mol. The summed E-state index contributed by atoms with van der Waals surface area (Å²) in [5.41, 5.74) is 1.10. The van der Waals surface area contributed by atoms with Gasteiger partial charge >= 0.3 is 0 Å². The topological polar surface area (TPSA) is 74.3 Å². The fraction of sp³-hybridized carbons (Fsp3) is 0.278. The number of aromatic nitrogens is 1. The Morgan fingerprint density at radius 1 is 1.24 bits per heavy atom. The number of nitrogens with zero attached hydrogens (tertiary/aromatic N) is 2. The van der Waals surface area contributed by atoms with E-state index >= 15 is 0 Å². The molecule has 0 radical (unpaired) electrons. The highest BCUT2D eigenvalue weighted by Crippen LogP contribution is 2.16. The number of carbonyl (C=O) groups is 2. The van der Waals surface area contributed by atoms with Gasteiger partial charge in [-0.15, -0.1) is 0 Å². The zero-order chi connectivity index (χ0) is 18.2. The van der Waals surface area contributed by atoms with Gasteiger partial charge in [0.2, 0.25) is 5.91 Å². The van der Waals surface area contributed by atoms with Crippen LogP contribution in [0.25, 0.3) is 0 Å². The van der Waals surface area contributed by atoms with Gasteiger partial charge in [-0.05, 0) is 36.8 Å². The van der Waals surface area contributed by atoms with Crippen molar-refractivity contribution in [3.63, 3.8) is 0 Å². The molecule has 2 aromatic rings. The number of carbonyl (C=O) groups excluding carboxylic acids is 2. The summed E-state index contributed by atoms with van der Waals surface area (Å²) in [7, 11) is 1.92. The molecule has 2 rings (SSSR count). The Morgan fingerprint density at radius 2 is 2.04 bits per heavy atom. The zero-order valence-corrected chi connectivity index (χ0v) is 15.0. The number of nitrogens with one attached hydrogen (secondary N) is 2. The largest absolute Gasteiger partial charge is 0.360 e. The summed E-state index contributed by atoms with van der Waals surface area (Å²) in [6.45, 7) is 2.87. The lowest BCUT2D eigenvalue weighted by atomic mass is 10.2. The van der Waals surface area contributed by atoms with Crippen LogP contribution in [0.1, 0.15) is 23.7 Å². The highest BCUT2D eigenvalue weighted by Gasteiger charge is 2.09. The summed E-state index contributed by atoms with van der Waals surface area (Å²) >= 11 is 5.91. The van der Waals surface area contributed by atoms with Crippen LogP contribution in [0.4, 0.5) is 11.5 Å². The lowest BCUT2D eigenvalue weighted by molar-refractivity contribution is -0.118. The SMILES string of the molecule is CC(=O)NCCCN(C)c1ccc(C(=O)Nc2cccc(Cl)c2)cn1. The Bertz CT molecular complexity index is 734. The van der Waals surface area contributed by atoms with Crippen LogP contribution in [-0.2, 0) is 4.79 Å². The monoisotopic (exact) mass is 360 g/mol. The summed E-state index contributed by atoms with van der Waals surface area (Å²) in [5.74, 6) is 0.493. The zero-order valence-electron chi connectivity index (χ0n) is 14.3. The first-order chi connectivity index (χ1) is 12.0. The van der Waals surface area contributed by atoms with E-state index in [-0.39, 0.29) is 11.8 Å². The number of hydrogen-bond acceptors (Lipinski definition) is 4. The van der Waals surface area contributed by atoms with Crippen molar-refractivity contribution in [1.82, 2.24) is 10.3 Å². The molecule has 25 heavy (non-hydrogen) atoms. The second kappa shape index (κ2) is 9.03. The van der Waals surface area contributed by atoms with Gasteiger partial charge in [-0.3, -0.25) is 9.59 Å². The van der Waals surface area contributed by atoms with Crippen LogP contribution in [0, 0.1) is 0 Å². The summed E-state index contributed by atoms with van der Waals surface area (Å²) in [6.07, 6.45) is 2.36. The molecule has 1 aromatic heterocycles. The first kappa shape index (κ1) is 18.7. The molecule has 0 bridgehead atoms. The number of benzene rings is 1. The van der Waals surface area contributed by atoms with E-state index < -0.39 is 0 Å². The minimum Gasteiger partial charge on any atom is -0.360 e. The molecule has 0 saturated heterocycles. The van der Waals surface area contributed by atoms with Gasteiger partial charge in [-0.25, -0.2) is 4.98 Å². The van der Waals surface area contributed by atoms with E-state index in [1.807, 2.05) is 11.9 Å². The molecule has 0 saturated carbocycles. The van der Waals surface area contributed by atoms with Crippen molar-refractivity contribution in [2.24, 2.45) is 0 Å². The Labute approximate surface area is 152 Å². The Hall–Kier alpha value is -2.60. The minimum atomic E-state index is -0.241. The molecule has 132 valence electrons. The molecule has 0 unspecified atom stereocenters. The number of amides is 2. The van der Waals surface area contributed by atoms with Crippen LogP contribution in [0.15, 0.2) is 42.6 Å². The van der Waals surface area contributed by atoms with Crippen LogP contribution < -0.4 is 15.5 Å². The van der Waals surface area contributed by atoms with Crippen LogP contribution in [0.5, 0.6) is 0 Å². The van der Waals surface area contributed by atoms with E-state index in [0.29, 0.717) is 22.8 Å². The highest BCUT2D eigenvalue weighted by atomic mass is 35.5. The van der Waals surface area contributed by atoms with Gasteiger partial charge in [0.05, 0.1) is 5.56 Å². The average Bonchev–Trinajstić information content (AvgIpc) is 2.58. The molecule has 0 fully saturated rings. The second-order valence-electron chi connectivity index (χ2n) is 5.63. The van der Waals surface area contributed by atoms with Crippen LogP contribution in [0.3, 0.4) is 0 Å². The van der Waals surface area contributed by atoms with Gasteiger partial charge < -0.3 is 15.5 Å². The maximum absolute atomic E-state index is 12.2.